The molecule has 0 spiro atoms. The Morgan fingerprint density at radius 3 is 2.42 bits per heavy atom. The normalized spacial score (nSPS) is 11.0. The van der Waals surface area contributed by atoms with Gasteiger partial charge in [-0.2, -0.15) is 0 Å². The Kier molecular flexibility index (Phi) is 5.09. The number of methoxy groups -OCH3 is 1. The third kappa shape index (κ3) is 3.26. The number of carbonyl (C=O) groups is 1. The van der Waals surface area contributed by atoms with Gasteiger partial charge in [0.05, 0.1) is 6.61 Å². The average molecular weight is 365 g/mol. The van der Waals surface area contributed by atoms with E-state index in [1.54, 1.807) is 31.4 Å². The van der Waals surface area contributed by atoms with Gasteiger partial charge in [0, 0.05) is 33.7 Å². The van der Waals surface area contributed by atoms with E-state index >= 15 is 0 Å². The molecule has 0 unspecified atom stereocenters. The molecule has 124 valence electrons. The Bertz CT molecular complexity index is 866. The van der Waals surface area contributed by atoms with Gasteiger partial charge in [-0.25, -0.2) is 4.79 Å². The van der Waals surface area contributed by atoms with Crippen LogP contribution in [-0.2, 0) is 22.7 Å². The van der Waals surface area contributed by atoms with E-state index in [0.29, 0.717) is 26.8 Å². The molecule has 4 nitrogen and oxygen atoms in total. The lowest BCUT2D eigenvalue weighted by atomic mass is 10.1. The minimum Gasteiger partial charge on any atom is -0.455 e. The summed E-state index contributed by atoms with van der Waals surface area (Å²) in [7, 11) is 1.56. The maximum absolute atomic E-state index is 12.4. The number of hydrogen-bond acceptors (Lipinski definition) is 4. The molecule has 24 heavy (non-hydrogen) atoms. The zero-order valence-corrected chi connectivity index (χ0v) is 14.4. The topological polar surface area (TPSA) is 48.7 Å². The molecular weight excluding hydrogens is 351 g/mol. The van der Waals surface area contributed by atoms with Gasteiger partial charge in [-0.15, -0.1) is 0 Å². The second kappa shape index (κ2) is 7.26. The fourth-order valence-electron chi connectivity index (χ4n) is 2.42. The predicted octanol–water partition coefficient (Wildman–Crippen LogP) is 5.24. The molecule has 0 bridgehead atoms. The van der Waals surface area contributed by atoms with Crippen molar-refractivity contribution in [2.45, 2.75) is 13.2 Å². The lowest BCUT2D eigenvalue weighted by Crippen LogP contribution is -2.07. The third-order valence-electron chi connectivity index (χ3n) is 3.58. The fraction of sp³-hybridized carbons (Fsp3) is 0.167. The van der Waals surface area contributed by atoms with Crippen LogP contribution in [0.15, 0.2) is 46.9 Å². The Balaban J connectivity index is 1.87. The van der Waals surface area contributed by atoms with Crippen LogP contribution in [0.2, 0.25) is 10.0 Å². The Labute approximate surface area is 148 Å². The number of furan rings is 1. The number of para-hydroxylation sites is 1. The maximum atomic E-state index is 12.4. The van der Waals surface area contributed by atoms with E-state index in [2.05, 4.69) is 0 Å². The summed E-state index contributed by atoms with van der Waals surface area (Å²) < 4.78 is 16.2. The van der Waals surface area contributed by atoms with Crippen molar-refractivity contribution in [1.82, 2.24) is 0 Å². The monoisotopic (exact) mass is 364 g/mol. The van der Waals surface area contributed by atoms with Crippen LogP contribution < -0.4 is 0 Å². The van der Waals surface area contributed by atoms with Gasteiger partial charge in [0.1, 0.15) is 12.2 Å². The summed E-state index contributed by atoms with van der Waals surface area (Å²) in [4.78, 5) is 12.4. The first-order chi connectivity index (χ1) is 11.6. The highest BCUT2D eigenvalue weighted by Gasteiger charge is 2.22. The van der Waals surface area contributed by atoms with Crippen LogP contribution in [0.5, 0.6) is 0 Å². The highest BCUT2D eigenvalue weighted by atomic mass is 35.5. The Morgan fingerprint density at radius 2 is 1.71 bits per heavy atom. The smallest absolute Gasteiger partial charge is 0.374 e. The first-order valence-corrected chi connectivity index (χ1v) is 7.96. The van der Waals surface area contributed by atoms with Crippen LogP contribution in [0.3, 0.4) is 0 Å². The SMILES string of the molecule is COCc1c(C(=O)OCc2c(Cl)cccc2Cl)oc2ccccc12. The van der Waals surface area contributed by atoms with E-state index in [-0.39, 0.29) is 19.0 Å². The first kappa shape index (κ1) is 16.8. The van der Waals surface area contributed by atoms with Crippen molar-refractivity contribution >= 4 is 40.1 Å². The third-order valence-corrected chi connectivity index (χ3v) is 4.29. The van der Waals surface area contributed by atoms with E-state index in [1.807, 2.05) is 18.2 Å². The number of halogens is 2. The first-order valence-electron chi connectivity index (χ1n) is 7.21. The molecule has 0 aliphatic rings. The molecule has 0 atom stereocenters. The molecule has 0 amide bonds. The molecule has 3 rings (SSSR count). The highest BCUT2D eigenvalue weighted by molar-refractivity contribution is 6.35. The number of ether oxygens (including phenoxy) is 2. The predicted molar refractivity (Wildman–Crippen MR) is 92.5 cm³/mol. The zero-order chi connectivity index (χ0) is 17.1. The number of hydrogen-bond donors (Lipinski definition) is 0. The van der Waals surface area contributed by atoms with Crippen LogP contribution in [0.25, 0.3) is 11.0 Å². The molecule has 1 aromatic heterocycles. The molecule has 3 aromatic rings. The van der Waals surface area contributed by atoms with E-state index in [0.717, 1.165) is 5.39 Å². The standard InChI is InChI=1S/C18H14Cl2O4/c1-22-9-12-11-5-2-3-8-16(11)24-17(12)18(21)23-10-13-14(19)6-4-7-15(13)20/h2-8H,9-10H2,1H3. The lowest BCUT2D eigenvalue weighted by Gasteiger charge is -2.08. The van der Waals surface area contributed by atoms with Crippen molar-refractivity contribution in [3.63, 3.8) is 0 Å². The number of rotatable bonds is 5. The van der Waals surface area contributed by atoms with Crippen molar-refractivity contribution in [3.05, 3.63) is 69.4 Å². The summed E-state index contributed by atoms with van der Waals surface area (Å²) in [5.41, 5.74) is 1.81. The molecule has 1 heterocycles. The summed E-state index contributed by atoms with van der Waals surface area (Å²) in [5, 5.41) is 1.70. The molecule has 0 aliphatic heterocycles. The minimum atomic E-state index is -0.589. The maximum Gasteiger partial charge on any atom is 0.374 e. The van der Waals surface area contributed by atoms with Crippen molar-refractivity contribution in [3.8, 4) is 0 Å². The Morgan fingerprint density at radius 1 is 1.00 bits per heavy atom. The molecule has 0 fully saturated rings. The van der Waals surface area contributed by atoms with Gasteiger partial charge < -0.3 is 13.9 Å². The van der Waals surface area contributed by atoms with Crippen LogP contribution >= 0.6 is 23.2 Å². The second-order valence-corrected chi connectivity index (χ2v) is 5.93. The van der Waals surface area contributed by atoms with Gasteiger partial charge in [0.2, 0.25) is 5.76 Å². The summed E-state index contributed by atoms with van der Waals surface area (Å²) >= 11 is 12.2. The fourth-order valence-corrected chi connectivity index (χ4v) is 2.93. The molecule has 0 saturated carbocycles. The number of fused-ring (bicyclic) bond motifs is 1. The van der Waals surface area contributed by atoms with Gasteiger partial charge in [-0.1, -0.05) is 47.5 Å². The highest BCUT2D eigenvalue weighted by Crippen LogP contribution is 2.29. The largest absolute Gasteiger partial charge is 0.455 e. The zero-order valence-electron chi connectivity index (χ0n) is 12.8. The van der Waals surface area contributed by atoms with Crippen LogP contribution in [-0.4, -0.2) is 13.1 Å². The van der Waals surface area contributed by atoms with E-state index in [9.17, 15) is 4.79 Å². The van der Waals surface area contributed by atoms with Gasteiger partial charge in [-0.3, -0.25) is 0 Å². The van der Waals surface area contributed by atoms with Gasteiger partial charge in [0.15, 0.2) is 0 Å². The van der Waals surface area contributed by atoms with Crippen LogP contribution in [0.4, 0.5) is 0 Å². The lowest BCUT2D eigenvalue weighted by molar-refractivity contribution is 0.0433. The number of esters is 1. The van der Waals surface area contributed by atoms with E-state index in [4.69, 9.17) is 37.1 Å². The van der Waals surface area contributed by atoms with Gasteiger partial charge in [0.25, 0.3) is 0 Å². The molecule has 0 saturated heterocycles. The number of benzene rings is 2. The van der Waals surface area contributed by atoms with Crippen molar-refractivity contribution in [2.24, 2.45) is 0 Å². The summed E-state index contributed by atoms with van der Waals surface area (Å²) in [5.74, 6) is -0.463. The summed E-state index contributed by atoms with van der Waals surface area (Å²) in [6.07, 6.45) is 0. The van der Waals surface area contributed by atoms with Gasteiger partial charge >= 0.3 is 5.97 Å². The van der Waals surface area contributed by atoms with Gasteiger partial charge in [-0.05, 0) is 18.2 Å². The second-order valence-electron chi connectivity index (χ2n) is 5.12. The van der Waals surface area contributed by atoms with Crippen LogP contribution in [0, 0.1) is 0 Å². The summed E-state index contributed by atoms with van der Waals surface area (Å²) in [6, 6.07) is 12.5. The minimum absolute atomic E-state index is 0.0409. The van der Waals surface area contributed by atoms with E-state index < -0.39 is 5.97 Å². The average Bonchev–Trinajstić information content (AvgIpc) is 2.94. The molecule has 0 radical (unpaired) electrons. The van der Waals surface area contributed by atoms with Crippen molar-refractivity contribution in [2.75, 3.05) is 7.11 Å². The molecular formula is C18H14Cl2O4. The van der Waals surface area contributed by atoms with Crippen LogP contribution in [0.1, 0.15) is 21.7 Å². The molecule has 0 N–H and O–H groups in total. The van der Waals surface area contributed by atoms with Crippen molar-refractivity contribution in [1.29, 1.82) is 0 Å². The molecule has 6 heteroatoms. The number of carbonyl (C=O) groups excluding carboxylic acids is 1. The van der Waals surface area contributed by atoms with Crippen molar-refractivity contribution < 1.29 is 18.7 Å². The quantitative estimate of drug-likeness (QED) is 0.580. The van der Waals surface area contributed by atoms with E-state index in [1.165, 1.54) is 0 Å². The molecule has 0 aliphatic carbocycles. The Hall–Kier alpha value is -2.01. The summed E-state index contributed by atoms with van der Waals surface area (Å²) in [6.45, 7) is 0.203. The molecule has 2 aromatic carbocycles.